The van der Waals surface area contributed by atoms with Crippen LogP contribution in [0.3, 0.4) is 0 Å². The number of rotatable bonds is 2. The molecule has 0 fully saturated rings. The Labute approximate surface area is 99.8 Å². The van der Waals surface area contributed by atoms with Crippen LogP contribution in [0.2, 0.25) is 0 Å². The number of benzene rings is 1. The highest BCUT2D eigenvalue weighted by molar-refractivity contribution is 8.11. The molecule has 0 atom stereocenters. The normalized spacial score (nSPS) is 16.4. The first-order valence-corrected chi connectivity index (χ1v) is 6.18. The molecular weight excluding hydrogens is 214 g/mol. The Morgan fingerprint density at radius 2 is 1.69 bits per heavy atom. The molecule has 0 saturated carbocycles. The van der Waals surface area contributed by atoms with E-state index in [1.165, 1.54) is 15.8 Å². The maximum Gasteiger partial charge on any atom is 0.131 e. The molecular formula is C14H12NS. The summed E-state index contributed by atoms with van der Waals surface area (Å²) >= 11 is 1.86. The summed E-state index contributed by atoms with van der Waals surface area (Å²) in [4.78, 5) is 1.37. The Morgan fingerprint density at radius 1 is 0.938 bits per heavy atom. The standard InChI is InChI=1S/C14H12NS/c1-2-6-12(7-3-1)13-8-9-14(16-13)15-10-4-5-11-15/h1-8,10-11H,9H2. The van der Waals surface area contributed by atoms with Gasteiger partial charge in [-0.2, -0.15) is 0 Å². The third-order valence-electron chi connectivity index (χ3n) is 2.64. The van der Waals surface area contributed by atoms with Crippen LogP contribution in [0.25, 0.3) is 4.91 Å². The maximum absolute atomic E-state index is 2.30. The van der Waals surface area contributed by atoms with Gasteiger partial charge in [0.25, 0.3) is 0 Å². The average molecular weight is 226 g/mol. The van der Waals surface area contributed by atoms with Crippen molar-refractivity contribution in [1.29, 1.82) is 0 Å². The Balaban J connectivity index is 1.78. The van der Waals surface area contributed by atoms with Crippen LogP contribution in [0.4, 0.5) is 0 Å². The summed E-state index contributed by atoms with van der Waals surface area (Å²) in [6.07, 6.45) is 7.53. The van der Waals surface area contributed by atoms with Crippen molar-refractivity contribution < 1.29 is 0 Å². The van der Waals surface area contributed by atoms with E-state index in [1.807, 2.05) is 11.8 Å². The van der Waals surface area contributed by atoms with E-state index >= 15 is 0 Å². The SMILES string of the molecule is C1=C(c2ccccc2)S[C](n2cccc2)C1. The summed E-state index contributed by atoms with van der Waals surface area (Å²) in [5, 5.41) is 1.38. The number of hydrogen-bond acceptors (Lipinski definition) is 1. The highest BCUT2D eigenvalue weighted by atomic mass is 32.2. The monoisotopic (exact) mass is 226 g/mol. The third kappa shape index (κ3) is 1.81. The fraction of sp³-hybridized carbons (Fsp3) is 0.0714. The zero-order valence-corrected chi connectivity index (χ0v) is 9.65. The first-order valence-electron chi connectivity index (χ1n) is 5.36. The van der Waals surface area contributed by atoms with Gasteiger partial charge >= 0.3 is 0 Å². The molecule has 1 aromatic carbocycles. The smallest absolute Gasteiger partial charge is 0.131 e. The van der Waals surface area contributed by atoms with E-state index in [9.17, 15) is 0 Å². The van der Waals surface area contributed by atoms with Gasteiger partial charge in [-0.3, -0.25) is 0 Å². The van der Waals surface area contributed by atoms with E-state index in [0.29, 0.717) is 0 Å². The minimum absolute atomic E-state index is 1.03. The van der Waals surface area contributed by atoms with Gasteiger partial charge in [0.05, 0.1) is 0 Å². The summed E-state index contributed by atoms with van der Waals surface area (Å²) < 4.78 is 2.19. The van der Waals surface area contributed by atoms with Crippen molar-refractivity contribution in [3.8, 4) is 0 Å². The predicted molar refractivity (Wildman–Crippen MR) is 69.7 cm³/mol. The van der Waals surface area contributed by atoms with Gasteiger partial charge in [0.2, 0.25) is 0 Å². The minimum Gasteiger partial charge on any atom is -0.335 e. The highest BCUT2D eigenvalue weighted by Crippen LogP contribution is 2.44. The number of thioether (sulfide) groups is 1. The first-order chi connectivity index (χ1) is 7.93. The second-order valence-electron chi connectivity index (χ2n) is 3.72. The quantitative estimate of drug-likeness (QED) is 0.749. The average Bonchev–Trinajstić information content (AvgIpc) is 3.01. The molecule has 79 valence electrons. The van der Waals surface area contributed by atoms with Gasteiger partial charge in [-0.05, 0) is 17.7 Å². The van der Waals surface area contributed by atoms with Crippen LogP contribution >= 0.6 is 11.8 Å². The van der Waals surface area contributed by atoms with Gasteiger partial charge < -0.3 is 4.57 Å². The van der Waals surface area contributed by atoms with E-state index in [1.54, 1.807) is 0 Å². The van der Waals surface area contributed by atoms with Crippen molar-refractivity contribution in [3.63, 3.8) is 0 Å². The van der Waals surface area contributed by atoms with Gasteiger partial charge in [0, 0.05) is 23.7 Å². The summed E-state index contributed by atoms with van der Waals surface area (Å²) in [7, 11) is 0. The molecule has 0 N–H and O–H groups in total. The summed E-state index contributed by atoms with van der Waals surface area (Å²) in [6.45, 7) is 0. The van der Waals surface area contributed by atoms with Crippen LogP contribution in [0.5, 0.6) is 0 Å². The molecule has 3 rings (SSSR count). The van der Waals surface area contributed by atoms with Crippen LogP contribution in [-0.2, 0) is 0 Å². The molecule has 2 heterocycles. The molecule has 2 heteroatoms. The van der Waals surface area contributed by atoms with E-state index < -0.39 is 0 Å². The molecule has 0 spiro atoms. The largest absolute Gasteiger partial charge is 0.335 e. The van der Waals surface area contributed by atoms with Gasteiger partial charge in [0.15, 0.2) is 0 Å². The van der Waals surface area contributed by atoms with Crippen molar-refractivity contribution in [1.82, 2.24) is 4.57 Å². The lowest BCUT2D eigenvalue weighted by Crippen LogP contribution is -1.98. The second kappa shape index (κ2) is 4.22. The van der Waals surface area contributed by atoms with Crippen molar-refractivity contribution in [2.24, 2.45) is 0 Å². The van der Waals surface area contributed by atoms with E-state index in [0.717, 1.165) is 6.42 Å². The highest BCUT2D eigenvalue weighted by Gasteiger charge is 2.20. The van der Waals surface area contributed by atoms with E-state index in [2.05, 4.69) is 65.5 Å². The van der Waals surface area contributed by atoms with Crippen molar-refractivity contribution >= 4 is 16.7 Å². The Hall–Kier alpha value is -1.41. The molecule has 1 aliphatic rings. The van der Waals surface area contributed by atoms with Crippen LogP contribution in [0.1, 0.15) is 12.0 Å². The van der Waals surface area contributed by atoms with Crippen molar-refractivity contribution in [2.45, 2.75) is 6.42 Å². The van der Waals surface area contributed by atoms with Gasteiger partial charge in [-0.15, -0.1) is 0 Å². The van der Waals surface area contributed by atoms with Crippen molar-refractivity contribution in [3.05, 3.63) is 71.9 Å². The number of allylic oxidation sites excluding steroid dienone is 1. The molecule has 1 aliphatic heterocycles. The van der Waals surface area contributed by atoms with Crippen LogP contribution in [0, 0.1) is 5.37 Å². The molecule has 0 amide bonds. The lowest BCUT2D eigenvalue weighted by molar-refractivity contribution is 0.892. The fourth-order valence-electron chi connectivity index (χ4n) is 1.83. The predicted octanol–water partition coefficient (Wildman–Crippen LogP) is 4.00. The number of nitrogens with zero attached hydrogens (tertiary/aromatic N) is 1. The third-order valence-corrected chi connectivity index (χ3v) is 3.88. The van der Waals surface area contributed by atoms with E-state index in [4.69, 9.17) is 0 Å². The molecule has 16 heavy (non-hydrogen) atoms. The molecule has 1 radical (unpaired) electrons. The van der Waals surface area contributed by atoms with Crippen LogP contribution in [-0.4, -0.2) is 4.57 Å². The summed E-state index contributed by atoms with van der Waals surface area (Å²) in [5.74, 6) is 0. The molecule has 1 aromatic heterocycles. The Kier molecular flexibility index (Phi) is 2.58. The zero-order chi connectivity index (χ0) is 10.8. The van der Waals surface area contributed by atoms with Crippen LogP contribution in [0.15, 0.2) is 60.9 Å². The number of aromatic nitrogens is 1. The number of hydrogen-bond donors (Lipinski definition) is 0. The zero-order valence-electron chi connectivity index (χ0n) is 8.84. The van der Waals surface area contributed by atoms with Crippen LogP contribution < -0.4 is 0 Å². The lowest BCUT2D eigenvalue weighted by Gasteiger charge is -2.10. The van der Waals surface area contributed by atoms with Gasteiger partial charge in [-0.1, -0.05) is 48.2 Å². The second-order valence-corrected chi connectivity index (χ2v) is 4.84. The molecule has 0 aliphatic carbocycles. The van der Waals surface area contributed by atoms with Gasteiger partial charge in [-0.25, -0.2) is 0 Å². The summed E-state index contributed by atoms with van der Waals surface area (Å²) in [6, 6.07) is 14.7. The van der Waals surface area contributed by atoms with Crippen molar-refractivity contribution in [2.75, 3.05) is 0 Å². The lowest BCUT2D eigenvalue weighted by atomic mass is 10.2. The fourth-order valence-corrected chi connectivity index (χ4v) is 2.90. The molecule has 0 saturated heterocycles. The van der Waals surface area contributed by atoms with Gasteiger partial charge in [0.1, 0.15) is 5.37 Å². The topological polar surface area (TPSA) is 4.93 Å². The Morgan fingerprint density at radius 3 is 2.44 bits per heavy atom. The summed E-state index contributed by atoms with van der Waals surface area (Å²) in [5.41, 5.74) is 1.31. The molecule has 1 nitrogen and oxygen atoms in total. The Bertz CT molecular complexity index is 485. The molecule has 0 unspecified atom stereocenters. The van der Waals surface area contributed by atoms with E-state index in [-0.39, 0.29) is 0 Å². The first kappa shape index (κ1) is 9.79. The maximum atomic E-state index is 2.30. The molecule has 0 bridgehead atoms. The minimum atomic E-state index is 1.03. The molecule has 2 aromatic rings.